The molecule has 0 bridgehead atoms. The van der Waals surface area contributed by atoms with Crippen molar-refractivity contribution in [3.05, 3.63) is 0 Å². The van der Waals surface area contributed by atoms with Crippen molar-refractivity contribution in [1.82, 2.24) is 19.8 Å². The van der Waals surface area contributed by atoms with Gasteiger partial charge in [-0.2, -0.15) is 0 Å². The topological polar surface area (TPSA) is 81.8 Å². The average Bonchev–Trinajstić information content (AvgIpc) is 2.46. The molecule has 2 rings (SSSR count). The van der Waals surface area contributed by atoms with E-state index in [9.17, 15) is 13.2 Å². The Hall–Kier alpha value is -0.860. The van der Waals surface area contributed by atoms with Crippen LogP contribution in [0.1, 0.15) is 25.7 Å². The van der Waals surface area contributed by atoms with E-state index in [4.69, 9.17) is 0 Å². The minimum Gasteiger partial charge on any atom is -0.335 e. The van der Waals surface area contributed by atoms with Gasteiger partial charge in [-0.25, -0.2) is 17.5 Å². The number of hydrogen-bond acceptors (Lipinski definition) is 4. The zero-order valence-corrected chi connectivity index (χ0v) is 13.7. The lowest BCUT2D eigenvalue weighted by molar-refractivity contribution is 0.158. The fourth-order valence-corrected chi connectivity index (χ4v) is 3.84. The van der Waals surface area contributed by atoms with Crippen molar-refractivity contribution in [2.45, 2.75) is 37.8 Å². The zero-order chi connectivity index (χ0) is 15.5. The van der Waals surface area contributed by atoms with E-state index in [-0.39, 0.29) is 18.1 Å². The van der Waals surface area contributed by atoms with Crippen molar-refractivity contribution in [2.24, 2.45) is 0 Å². The van der Waals surface area contributed by atoms with Crippen molar-refractivity contribution < 1.29 is 13.2 Å². The molecule has 0 aromatic carbocycles. The first kappa shape index (κ1) is 16.5. The molecule has 0 unspecified atom stereocenters. The Bertz CT molecular complexity index is 454. The molecule has 2 N–H and O–H groups in total. The molecule has 8 heteroatoms. The highest BCUT2D eigenvalue weighted by Gasteiger charge is 2.29. The lowest BCUT2D eigenvalue weighted by atomic mass is 10.1. The first-order valence-corrected chi connectivity index (χ1v) is 9.42. The van der Waals surface area contributed by atoms with Crippen LogP contribution in [0, 0.1) is 0 Å². The quantitative estimate of drug-likeness (QED) is 0.755. The number of carbonyl (C=O) groups excluding carboxylic acids is 1. The largest absolute Gasteiger partial charge is 0.335 e. The van der Waals surface area contributed by atoms with Crippen LogP contribution in [0.3, 0.4) is 0 Å². The number of nitrogens with zero attached hydrogens (tertiary/aromatic N) is 2. The van der Waals surface area contributed by atoms with Crippen LogP contribution in [0.4, 0.5) is 4.79 Å². The summed E-state index contributed by atoms with van der Waals surface area (Å²) in [6, 6.07) is 0.321. The number of nitrogens with one attached hydrogen (secondary N) is 2. The monoisotopic (exact) mass is 318 g/mol. The maximum absolute atomic E-state index is 12.3. The molecule has 0 aromatic heterocycles. The number of carbonyl (C=O) groups is 1. The Balaban J connectivity index is 1.80. The normalized spacial score (nSPS) is 23.0. The van der Waals surface area contributed by atoms with Gasteiger partial charge in [0.1, 0.15) is 0 Å². The van der Waals surface area contributed by atoms with Crippen LogP contribution >= 0.6 is 0 Å². The molecule has 0 atom stereocenters. The second-order valence-electron chi connectivity index (χ2n) is 5.98. The highest BCUT2D eigenvalue weighted by Crippen LogP contribution is 2.17. The Kier molecular flexibility index (Phi) is 5.45. The molecule has 122 valence electrons. The summed E-state index contributed by atoms with van der Waals surface area (Å²) >= 11 is 0. The molecule has 2 saturated heterocycles. The molecule has 0 aromatic rings. The van der Waals surface area contributed by atoms with Gasteiger partial charge in [0.2, 0.25) is 10.0 Å². The molecule has 2 heterocycles. The van der Waals surface area contributed by atoms with Crippen molar-refractivity contribution in [1.29, 1.82) is 0 Å². The van der Waals surface area contributed by atoms with Gasteiger partial charge in [0.05, 0.1) is 6.26 Å². The van der Waals surface area contributed by atoms with E-state index >= 15 is 0 Å². The van der Waals surface area contributed by atoms with E-state index in [2.05, 4.69) is 10.6 Å². The highest BCUT2D eigenvalue weighted by atomic mass is 32.2. The van der Waals surface area contributed by atoms with Crippen LogP contribution in [-0.2, 0) is 10.0 Å². The summed E-state index contributed by atoms with van der Waals surface area (Å²) in [5.41, 5.74) is 0. The van der Waals surface area contributed by atoms with E-state index < -0.39 is 10.0 Å². The fraction of sp³-hybridized carbons (Fsp3) is 0.923. The van der Waals surface area contributed by atoms with Gasteiger partial charge in [-0.1, -0.05) is 0 Å². The van der Waals surface area contributed by atoms with Crippen LogP contribution in [0.25, 0.3) is 0 Å². The molecule has 2 fully saturated rings. The second kappa shape index (κ2) is 6.93. The van der Waals surface area contributed by atoms with Crippen molar-refractivity contribution in [3.63, 3.8) is 0 Å². The number of hydrogen-bond donors (Lipinski definition) is 2. The average molecular weight is 318 g/mol. The zero-order valence-electron chi connectivity index (χ0n) is 12.8. The van der Waals surface area contributed by atoms with Gasteiger partial charge in [0, 0.05) is 32.2 Å². The molecule has 7 nitrogen and oxygen atoms in total. The third kappa shape index (κ3) is 4.55. The maximum atomic E-state index is 12.3. The van der Waals surface area contributed by atoms with Gasteiger partial charge in [-0.05, 0) is 38.8 Å². The highest BCUT2D eigenvalue weighted by molar-refractivity contribution is 7.88. The number of amides is 2. The summed E-state index contributed by atoms with van der Waals surface area (Å²) < 4.78 is 24.5. The van der Waals surface area contributed by atoms with Gasteiger partial charge < -0.3 is 15.5 Å². The molecule has 0 saturated carbocycles. The van der Waals surface area contributed by atoms with E-state index in [0.717, 1.165) is 25.9 Å². The van der Waals surface area contributed by atoms with E-state index in [1.54, 1.807) is 11.9 Å². The van der Waals surface area contributed by atoms with E-state index in [0.29, 0.717) is 25.9 Å². The lowest BCUT2D eigenvalue weighted by Crippen LogP contribution is -2.52. The Morgan fingerprint density at radius 2 is 1.76 bits per heavy atom. The molecule has 0 spiro atoms. The summed E-state index contributed by atoms with van der Waals surface area (Å²) in [6.45, 7) is 2.88. The molecular formula is C13H26N4O3S. The minimum absolute atomic E-state index is 0.0419. The molecule has 21 heavy (non-hydrogen) atoms. The molecule has 2 amide bonds. The lowest BCUT2D eigenvalue weighted by Gasteiger charge is -2.36. The first-order chi connectivity index (χ1) is 9.88. The first-order valence-electron chi connectivity index (χ1n) is 7.57. The SMILES string of the molecule is CN(C(=O)NC1CCNCC1)C1CCN(S(C)(=O)=O)CC1. The standard InChI is InChI=1S/C13H26N4O3S/c1-16(13(18)15-11-3-7-14-8-4-11)12-5-9-17(10-6-12)21(2,19)20/h11-12,14H,3-10H2,1-2H3,(H,15,18). The summed E-state index contributed by atoms with van der Waals surface area (Å²) in [5.74, 6) is 0. The summed E-state index contributed by atoms with van der Waals surface area (Å²) in [5, 5.41) is 6.34. The number of sulfonamides is 1. The summed E-state index contributed by atoms with van der Waals surface area (Å²) in [4.78, 5) is 14.0. The number of urea groups is 1. The molecular weight excluding hydrogens is 292 g/mol. The smallest absolute Gasteiger partial charge is 0.317 e. The van der Waals surface area contributed by atoms with Crippen LogP contribution in [-0.4, -0.2) is 75.2 Å². The van der Waals surface area contributed by atoms with Gasteiger partial charge in [0.15, 0.2) is 0 Å². The van der Waals surface area contributed by atoms with Gasteiger partial charge in [0.25, 0.3) is 0 Å². The molecule has 2 aliphatic heterocycles. The molecule has 0 aliphatic carbocycles. The number of piperidine rings is 2. The Labute approximate surface area is 127 Å². The Morgan fingerprint density at radius 3 is 2.29 bits per heavy atom. The van der Waals surface area contributed by atoms with Gasteiger partial charge in [-0.15, -0.1) is 0 Å². The van der Waals surface area contributed by atoms with E-state index in [1.165, 1.54) is 10.6 Å². The van der Waals surface area contributed by atoms with Crippen LogP contribution < -0.4 is 10.6 Å². The number of rotatable bonds is 3. The van der Waals surface area contributed by atoms with Crippen LogP contribution in [0.15, 0.2) is 0 Å². The van der Waals surface area contributed by atoms with Crippen LogP contribution in [0.5, 0.6) is 0 Å². The second-order valence-corrected chi connectivity index (χ2v) is 7.96. The fourth-order valence-electron chi connectivity index (χ4n) is 2.97. The predicted octanol–water partition coefficient (Wildman–Crippen LogP) is -0.196. The molecule has 2 aliphatic rings. The van der Waals surface area contributed by atoms with Crippen molar-refractivity contribution in [2.75, 3.05) is 39.5 Å². The van der Waals surface area contributed by atoms with Crippen molar-refractivity contribution in [3.8, 4) is 0 Å². The summed E-state index contributed by atoms with van der Waals surface area (Å²) in [6.07, 6.45) is 4.56. The molecule has 0 radical (unpaired) electrons. The van der Waals surface area contributed by atoms with Crippen molar-refractivity contribution >= 4 is 16.1 Å². The Morgan fingerprint density at radius 1 is 1.19 bits per heavy atom. The maximum Gasteiger partial charge on any atom is 0.317 e. The minimum atomic E-state index is -3.11. The van der Waals surface area contributed by atoms with Crippen LogP contribution in [0.2, 0.25) is 0 Å². The van der Waals surface area contributed by atoms with E-state index in [1.807, 2.05) is 0 Å². The van der Waals surface area contributed by atoms with Gasteiger partial charge >= 0.3 is 6.03 Å². The third-order valence-electron chi connectivity index (χ3n) is 4.43. The van der Waals surface area contributed by atoms with Gasteiger partial charge in [-0.3, -0.25) is 0 Å². The summed E-state index contributed by atoms with van der Waals surface area (Å²) in [7, 11) is -1.31. The predicted molar refractivity (Wildman–Crippen MR) is 81.6 cm³/mol. The third-order valence-corrected chi connectivity index (χ3v) is 5.73.